The number of nitrogens with zero attached hydrogens (tertiary/aromatic N) is 6. The number of phenols is 1. The zero-order valence-electron chi connectivity index (χ0n) is 34.6. The molecular formula is C50H36N6O10. The minimum absolute atomic E-state index is 0.000586. The van der Waals surface area contributed by atoms with E-state index in [0.29, 0.717) is 33.3 Å². The molecule has 3 aliphatic heterocycles. The number of carboxylic acid groups (broad SMARTS) is 1. The predicted octanol–water partition coefficient (Wildman–Crippen LogP) is 7.18. The first-order valence-electron chi connectivity index (χ1n) is 20.8. The SMILES string of the molecule is O=C1O[C@H](c2ccccc2)[C@H](c2ccccc2)N2[C@H]1[C@@H](C(=O)O)[C@]1(C(=O)N(C(=O)OCc3ccc([N+](=O)[O-])cc3)c3ccc(C#CCn4nnc5ccccc54)cc31)[C@H]2c1ccc(O)cc1. The Labute approximate surface area is 375 Å². The molecule has 0 unspecified atom stereocenters. The molecule has 6 atom stereocenters. The van der Waals surface area contributed by atoms with Crippen LogP contribution in [-0.4, -0.2) is 65.0 Å². The molecule has 0 radical (unpaired) electrons. The summed E-state index contributed by atoms with van der Waals surface area (Å²) in [6.45, 7) is -0.277. The topological polar surface area (TPSA) is 208 Å². The number of aliphatic carboxylic acids is 1. The first-order valence-corrected chi connectivity index (χ1v) is 20.8. The summed E-state index contributed by atoms with van der Waals surface area (Å²) < 4.78 is 13.7. The number of morpholine rings is 1. The van der Waals surface area contributed by atoms with Crippen LogP contribution in [0, 0.1) is 27.9 Å². The third-order valence-electron chi connectivity index (χ3n) is 12.5. The number of nitro benzene ring substituents is 1. The lowest BCUT2D eigenvalue weighted by Crippen LogP contribution is -2.53. The molecule has 1 spiro atoms. The zero-order valence-corrected chi connectivity index (χ0v) is 34.6. The van der Waals surface area contributed by atoms with E-state index >= 15 is 4.79 Å². The molecule has 0 aliphatic carbocycles. The van der Waals surface area contributed by atoms with Crippen molar-refractivity contribution in [1.29, 1.82) is 0 Å². The van der Waals surface area contributed by atoms with Crippen molar-refractivity contribution in [2.75, 3.05) is 4.90 Å². The normalized spacial score (nSPS) is 22.0. The van der Waals surface area contributed by atoms with Crippen molar-refractivity contribution in [2.45, 2.75) is 42.8 Å². The summed E-state index contributed by atoms with van der Waals surface area (Å²) in [6, 6.07) is 37.6. The highest BCUT2D eigenvalue weighted by Crippen LogP contribution is 2.66. The van der Waals surface area contributed by atoms with E-state index in [4.69, 9.17) is 9.47 Å². The van der Waals surface area contributed by atoms with Gasteiger partial charge in [-0.05, 0) is 82.4 Å². The summed E-state index contributed by atoms with van der Waals surface area (Å²) in [5, 5.41) is 41.9. The molecule has 4 heterocycles. The highest BCUT2D eigenvalue weighted by Gasteiger charge is 2.76. The summed E-state index contributed by atoms with van der Waals surface area (Å²) in [5.41, 5.74) is 1.45. The van der Waals surface area contributed by atoms with Crippen molar-refractivity contribution in [3.05, 3.63) is 195 Å². The number of nitro groups is 1. The molecular weight excluding hydrogens is 845 g/mol. The van der Waals surface area contributed by atoms with Crippen LogP contribution in [0.3, 0.4) is 0 Å². The van der Waals surface area contributed by atoms with Crippen molar-refractivity contribution in [3.63, 3.8) is 0 Å². The van der Waals surface area contributed by atoms with Gasteiger partial charge in [-0.2, -0.15) is 0 Å². The van der Waals surface area contributed by atoms with Gasteiger partial charge in [-0.15, -0.1) is 5.10 Å². The van der Waals surface area contributed by atoms with Crippen LogP contribution in [0.4, 0.5) is 16.2 Å². The summed E-state index contributed by atoms with van der Waals surface area (Å²) in [5.74, 6) is 0.850. The number of carbonyl (C=O) groups excluding carboxylic acids is 3. The van der Waals surface area contributed by atoms with Crippen LogP contribution in [0.1, 0.15) is 51.6 Å². The second kappa shape index (κ2) is 16.5. The quantitative estimate of drug-likeness (QED) is 0.0672. The number of hydrogen-bond acceptors (Lipinski definition) is 12. The van der Waals surface area contributed by atoms with E-state index in [1.54, 1.807) is 58.1 Å². The van der Waals surface area contributed by atoms with Crippen molar-refractivity contribution >= 4 is 46.3 Å². The first kappa shape index (κ1) is 41.3. The number of anilines is 1. The number of carbonyl (C=O) groups is 4. The molecule has 10 rings (SSSR count). The van der Waals surface area contributed by atoms with Crippen molar-refractivity contribution in [3.8, 4) is 17.6 Å². The van der Waals surface area contributed by atoms with E-state index in [2.05, 4.69) is 22.2 Å². The van der Waals surface area contributed by atoms with Crippen molar-refractivity contribution in [2.24, 2.45) is 5.92 Å². The van der Waals surface area contributed by atoms with Gasteiger partial charge in [0.2, 0.25) is 5.91 Å². The third kappa shape index (κ3) is 6.77. The molecule has 0 saturated carbocycles. The molecule has 1 aromatic heterocycles. The number of amides is 2. The average Bonchev–Trinajstić information content (AvgIpc) is 3.98. The number of carboxylic acids is 1. The Morgan fingerprint density at radius 1 is 0.818 bits per heavy atom. The van der Waals surface area contributed by atoms with Gasteiger partial charge in [0, 0.05) is 17.7 Å². The van der Waals surface area contributed by atoms with Gasteiger partial charge in [-0.1, -0.05) is 102 Å². The zero-order chi connectivity index (χ0) is 45.7. The monoisotopic (exact) mass is 880 g/mol. The molecule has 66 heavy (non-hydrogen) atoms. The van der Waals surface area contributed by atoms with Gasteiger partial charge in [-0.25, -0.2) is 14.4 Å². The van der Waals surface area contributed by atoms with Gasteiger partial charge >= 0.3 is 18.0 Å². The minimum Gasteiger partial charge on any atom is -0.508 e. The van der Waals surface area contributed by atoms with Crippen LogP contribution in [0.25, 0.3) is 11.0 Å². The molecule has 3 aliphatic rings. The first-order chi connectivity index (χ1) is 32.1. The molecule has 326 valence electrons. The lowest BCUT2D eigenvalue weighted by Gasteiger charge is -2.46. The predicted molar refractivity (Wildman–Crippen MR) is 235 cm³/mol. The Balaban J connectivity index is 1.18. The number of aromatic nitrogens is 3. The summed E-state index contributed by atoms with van der Waals surface area (Å²) in [6.07, 6.45) is -2.15. The number of imide groups is 1. The van der Waals surface area contributed by atoms with Gasteiger partial charge in [0.1, 0.15) is 47.9 Å². The highest BCUT2D eigenvalue weighted by molar-refractivity contribution is 6.23. The largest absolute Gasteiger partial charge is 0.508 e. The van der Waals surface area contributed by atoms with E-state index in [1.165, 1.54) is 42.5 Å². The number of ether oxygens (including phenoxy) is 2. The smallest absolute Gasteiger partial charge is 0.421 e. The van der Waals surface area contributed by atoms with Gasteiger partial charge in [0.05, 0.1) is 28.2 Å². The second-order valence-corrected chi connectivity index (χ2v) is 16.1. The lowest BCUT2D eigenvalue weighted by molar-refractivity contribution is -0.384. The number of hydrogen-bond donors (Lipinski definition) is 2. The molecule has 7 aromatic rings. The summed E-state index contributed by atoms with van der Waals surface area (Å²) >= 11 is 0. The fourth-order valence-corrected chi connectivity index (χ4v) is 9.78. The number of fused-ring (bicyclic) bond motifs is 4. The third-order valence-corrected chi connectivity index (χ3v) is 12.5. The Morgan fingerprint density at radius 3 is 2.20 bits per heavy atom. The maximum absolute atomic E-state index is 16.0. The van der Waals surface area contributed by atoms with Gasteiger partial charge in [-0.3, -0.25) is 29.4 Å². The Morgan fingerprint density at radius 2 is 1.50 bits per heavy atom. The number of para-hydroxylation sites is 1. The molecule has 16 nitrogen and oxygen atoms in total. The summed E-state index contributed by atoms with van der Waals surface area (Å²) in [7, 11) is 0. The maximum atomic E-state index is 16.0. The van der Waals surface area contributed by atoms with E-state index < -0.39 is 71.0 Å². The minimum atomic E-state index is -2.26. The van der Waals surface area contributed by atoms with Crippen LogP contribution in [0.5, 0.6) is 5.75 Å². The van der Waals surface area contributed by atoms with E-state index in [0.717, 1.165) is 10.4 Å². The number of cyclic esters (lactones) is 1. The van der Waals surface area contributed by atoms with Gasteiger partial charge < -0.3 is 19.7 Å². The maximum Gasteiger partial charge on any atom is 0.421 e. The lowest BCUT2D eigenvalue weighted by atomic mass is 9.65. The van der Waals surface area contributed by atoms with Gasteiger partial charge in [0.15, 0.2) is 0 Å². The standard InChI is InChI=1S/C50H36N6O10/c57-36-24-20-34(21-25-36)45-50(41(46(58)59)43-47(60)66-44(33-13-5-2-6-14-33)42(55(43)45)32-11-3-1-4-12-32)37-28-30(10-9-27-53-40-16-8-7-15-38(40)51-52-53)19-26-39(37)54(48(50)61)49(62)65-29-31-17-22-35(23-18-31)56(63)64/h1-8,11-26,28,41-45,57H,27,29H2,(H,58,59)/t41-,42-,43-,44+,45+,50-/m0/s1. The van der Waals surface area contributed by atoms with E-state index in [1.807, 2.05) is 60.7 Å². The van der Waals surface area contributed by atoms with E-state index in [-0.39, 0.29) is 29.2 Å². The Bertz CT molecular complexity index is 3130. The van der Waals surface area contributed by atoms with Gasteiger partial charge in [0.25, 0.3) is 5.69 Å². The van der Waals surface area contributed by atoms with Crippen LogP contribution < -0.4 is 4.90 Å². The van der Waals surface area contributed by atoms with Crippen LogP contribution in [0.15, 0.2) is 152 Å². The fourth-order valence-electron chi connectivity index (χ4n) is 9.78. The molecule has 2 saturated heterocycles. The number of phenolic OH excluding ortho intramolecular Hbond substituents is 1. The molecule has 0 bridgehead atoms. The number of non-ortho nitro benzene ring substituents is 1. The van der Waals surface area contributed by atoms with Crippen molar-refractivity contribution in [1.82, 2.24) is 19.9 Å². The Hall–Kier alpha value is -8.68. The number of aromatic hydroxyl groups is 1. The Kier molecular flexibility index (Phi) is 10.3. The van der Waals surface area contributed by atoms with Crippen LogP contribution in [0.2, 0.25) is 0 Å². The van der Waals surface area contributed by atoms with Crippen LogP contribution in [-0.2, 0) is 42.4 Å². The molecule has 2 fully saturated rings. The number of rotatable bonds is 8. The molecule has 6 aromatic carbocycles. The molecule has 2 N–H and O–H groups in total. The molecule has 2 amide bonds. The highest BCUT2D eigenvalue weighted by atomic mass is 16.6. The number of benzene rings is 6. The van der Waals surface area contributed by atoms with E-state index in [9.17, 15) is 34.7 Å². The molecule has 16 heteroatoms. The fraction of sp³-hybridized carbons (Fsp3) is 0.160. The summed E-state index contributed by atoms with van der Waals surface area (Å²) in [4.78, 5) is 72.8. The number of esters is 1. The second-order valence-electron chi connectivity index (χ2n) is 16.1. The van der Waals surface area contributed by atoms with Crippen molar-refractivity contribution < 1.29 is 43.8 Å². The average molecular weight is 881 g/mol. The van der Waals surface area contributed by atoms with Crippen LogP contribution >= 0.6 is 0 Å².